The molecule has 3 rings (SSSR count). The zero-order chi connectivity index (χ0) is 33.7. The Kier molecular flexibility index (Phi) is 13.2. The van der Waals surface area contributed by atoms with Crippen LogP contribution in [0, 0.1) is 5.92 Å². The minimum atomic E-state index is -1.07. The Morgan fingerprint density at radius 1 is 0.717 bits per heavy atom. The maximum atomic E-state index is 13.7. The van der Waals surface area contributed by atoms with Crippen LogP contribution in [-0.4, -0.2) is 47.5 Å². The molecule has 10 nitrogen and oxygen atoms in total. The van der Waals surface area contributed by atoms with E-state index in [4.69, 9.17) is 15.2 Å². The molecule has 3 aromatic rings. The number of benzene rings is 3. The fourth-order valence-electron chi connectivity index (χ4n) is 4.65. The van der Waals surface area contributed by atoms with E-state index < -0.39 is 47.5 Å². The van der Waals surface area contributed by atoms with Gasteiger partial charge in [-0.2, -0.15) is 0 Å². The number of carbonyl (C=O) groups is 4. The largest absolute Gasteiger partial charge is 0.489 e. The fraction of sp³-hybridized carbons (Fsp3) is 0.389. The predicted octanol–water partition coefficient (Wildman–Crippen LogP) is 4.45. The molecule has 4 atom stereocenters. The lowest BCUT2D eigenvalue weighted by Crippen LogP contribution is -2.59. The van der Waals surface area contributed by atoms with Crippen molar-refractivity contribution >= 4 is 23.8 Å². The second-order valence-electron chi connectivity index (χ2n) is 12.3. The minimum absolute atomic E-state index is 0.122. The number of nitrogens with two attached hydrogens (primary N) is 1. The summed E-state index contributed by atoms with van der Waals surface area (Å²) in [6, 6.07) is 23.2. The number of ether oxygens (including phenoxy) is 2. The van der Waals surface area contributed by atoms with Gasteiger partial charge < -0.3 is 31.2 Å². The van der Waals surface area contributed by atoms with Gasteiger partial charge in [0.2, 0.25) is 17.7 Å². The third-order valence-electron chi connectivity index (χ3n) is 7.35. The Balaban J connectivity index is 1.76. The van der Waals surface area contributed by atoms with Gasteiger partial charge in [0.05, 0.1) is 0 Å². The van der Waals surface area contributed by atoms with Crippen molar-refractivity contribution in [1.82, 2.24) is 16.0 Å². The highest BCUT2D eigenvalue weighted by atomic mass is 16.6. The van der Waals surface area contributed by atoms with Gasteiger partial charge in [-0.25, -0.2) is 4.79 Å². The summed E-state index contributed by atoms with van der Waals surface area (Å²) >= 11 is 0. The van der Waals surface area contributed by atoms with E-state index in [2.05, 4.69) is 16.0 Å². The standard InChI is InChI=1S/C36H46N4O6/c1-6-24(2)31(34(43)38-29(32(37)41)21-25-13-9-7-10-14-25)40-33(42)30(39-35(44)46-36(3,4)5)22-26-17-19-28(20-18-26)45-23-27-15-11-8-12-16-27/h7-20,24,29-31H,6,21-23H2,1-5H3,(H2,37,41)(H,38,43)(H,39,44)(H,40,42)/t24-,29+,30-,31+/m1/s1. The number of rotatable bonds is 15. The molecule has 0 aliphatic rings. The molecule has 0 heterocycles. The van der Waals surface area contributed by atoms with Gasteiger partial charge in [0.1, 0.15) is 36.1 Å². The van der Waals surface area contributed by atoms with Gasteiger partial charge in [0.15, 0.2) is 0 Å². The quantitative estimate of drug-likeness (QED) is 0.195. The molecule has 0 radical (unpaired) electrons. The molecule has 0 aliphatic heterocycles. The summed E-state index contributed by atoms with van der Waals surface area (Å²) in [5, 5.41) is 8.20. The van der Waals surface area contributed by atoms with Crippen LogP contribution in [0.3, 0.4) is 0 Å². The van der Waals surface area contributed by atoms with Crippen molar-refractivity contribution in [2.75, 3.05) is 0 Å². The van der Waals surface area contributed by atoms with E-state index in [9.17, 15) is 19.2 Å². The van der Waals surface area contributed by atoms with E-state index in [0.717, 1.165) is 16.7 Å². The SMILES string of the molecule is CC[C@@H](C)[C@H](NC(=O)[C@@H](Cc1ccc(OCc2ccccc2)cc1)NC(=O)OC(C)(C)C)C(=O)N[C@@H](Cc1ccccc1)C(N)=O. The zero-order valence-electron chi connectivity index (χ0n) is 27.2. The van der Waals surface area contributed by atoms with Crippen LogP contribution in [0.15, 0.2) is 84.9 Å². The summed E-state index contributed by atoms with van der Waals surface area (Å²) in [5.41, 5.74) is 7.46. The van der Waals surface area contributed by atoms with Crippen LogP contribution in [0.4, 0.5) is 4.79 Å². The highest BCUT2D eigenvalue weighted by molar-refractivity contribution is 5.94. The summed E-state index contributed by atoms with van der Waals surface area (Å²) in [7, 11) is 0. The molecule has 0 spiro atoms. The number of alkyl carbamates (subject to hydrolysis) is 1. The number of primary amides is 1. The topological polar surface area (TPSA) is 149 Å². The molecule has 0 unspecified atom stereocenters. The van der Waals surface area contributed by atoms with E-state index in [1.165, 1.54) is 0 Å². The Labute approximate surface area is 271 Å². The Morgan fingerprint density at radius 2 is 1.26 bits per heavy atom. The van der Waals surface area contributed by atoms with Gasteiger partial charge in [-0.15, -0.1) is 0 Å². The van der Waals surface area contributed by atoms with Crippen LogP contribution < -0.4 is 26.4 Å². The first-order chi connectivity index (χ1) is 21.8. The second-order valence-corrected chi connectivity index (χ2v) is 12.3. The van der Waals surface area contributed by atoms with Crippen LogP contribution in [0.2, 0.25) is 0 Å². The first kappa shape index (κ1) is 35.6. The summed E-state index contributed by atoms with van der Waals surface area (Å²) in [5.74, 6) is -1.45. The monoisotopic (exact) mass is 630 g/mol. The van der Waals surface area contributed by atoms with Crippen LogP contribution in [-0.2, 0) is 38.6 Å². The van der Waals surface area contributed by atoms with Crippen molar-refractivity contribution in [2.24, 2.45) is 11.7 Å². The van der Waals surface area contributed by atoms with Crippen LogP contribution >= 0.6 is 0 Å². The average Bonchev–Trinajstić information content (AvgIpc) is 3.02. The highest BCUT2D eigenvalue weighted by Crippen LogP contribution is 2.17. The van der Waals surface area contributed by atoms with E-state index >= 15 is 0 Å². The first-order valence-electron chi connectivity index (χ1n) is 15.5. The van der Waals surface area contributed by atoms with Crippen LogP contribution in [0.1, 0.15) is 57.7 Å². The molecule has 0 saturated carbocycles. The molecular formula is C36H46N4O6. The fourth-order valence-corrected chi connectivity index (χ4v) is 4.65. The van der Waals surface area contributed by atoms with Gasteiger partial charge in [-0.3, -0.25) is 14.4 Å². The molecule has 3 aromatic carbocycles. The first-order valence-corrected chi connectivity index (χ1v) is 15.5. The highest BCUT2D eigenvalue weighted by Gasteiger charge is 2.32. The van der Waals surface area contributed by atoms with Crippen molar-refractivity contribution in [3.8, 4) is 5.75 Å². The molecule has 246 valence electrons. The smallest absolute Gasteiger partial charge is 0.408 e. The molecule has 46 heavy (non-hydrogen) atoms. The molecule has 0 aromatic heterocycles. The Morgan fingerprint density at radius 3 is 1.80 bits per heavy atom. The summed E-state index contributed by atoms with van der Waals surface area (Å²) in [6.07, 6.45) is 0.123. The van der Waals surface area contributed by atoms with Crippen LogP contribution in [0.5, 0.6) is 5.75 Å². The summed E-state index contributed by atoms with van der Waals surface area (Å²) in [6.45, 7) is 9.31. The maximum Gasteiger partial charge on any atom is 0.408 e. The van der Waals surface area contributed by atoms with Crippen LogP contribution in [0.25, 0.3) is 0 Å². The van der Waals surface area contributed by atoms with Crippen molar-refractivity contribution in [2.45, 2.75) is 84.2 Å². The maximum absolute atomic E-state index is 13.7. The molecular weight excluding hydrogens is 584 g/mol. The zero-order valence-corrected chi connectivity index (χ0v) is 27.2. The number of hydrogen-bond donors (Lipinski definition) is 4. The van der Waals surface area contributed by atoms with Crippen molar-refractivity contribution in [3.63, 3.8) is 0 Å². The normalized spacial score (nSPS) is 13.8. The van der Waals surface area contributed by atoms with E-state index in [-0.39, 0.29) is 18.8 Å². The molecule has 0 saturated heterocycles. The van der Waals surface area contributed by atoms with Crippen molar-refractivity contribution in [3.05, 3.63) is 102 Å². The lowest BCUT2D eigenvalue weighted by molar-refractivity contribution is -0.133. The van der Waals surface area contributed by atoms with E-state index in [0.29, 0.717) is 18.8 Å². The molecule has 0 aliphatic carbocycles. The predicted molar refractivity (Wildman–Crippen MR) is 177 cm³/mol. The summed E-state index contributed by atoms with van der Waals surface area (Å²) < 4.78 is 11.3. The minimum Gasteiger partial charge on any atom is -0.489 e. The Bertz CT molecular complexity index is 1420. The molecule has 0 bridgehead atoms. The van der Waals surface area contributed by atoms with E-state index in [1.807, 2.05) is 86.6 Å². The molecule has 10 heteroatoms. The number of hydrogen-bond acceptors (Lipinski definition) is 6. The lowest BCUT2D eigenvalue weighted by atomic mass is 9.96. The lowest BCUT2D eigenvalue weighted by Gasteiger charge is -2.28. The number of amides is 4. The third-order valence-corrected chi connectivity index (χ3v) is 7.35. The average molecular weight is 631 g/mol. The number of carbonyl (C=O) groups excluding carboxylic acids is 4. The van der Waals surface area contributed by atoms with Crippen molar-refractivity contribution in [1.29, 1.82) is 0 Å². The molecule has 4 amide bonds. The number of nitrogens with one attached hydrogen (secondary N) is 3. The third kappa shape index (κ3) is 11.9. The van der Waals surface area contributed by atoms with Gasteiger partial charge in [0, 0.05) is 12.8 Å². The van der Waals surface area contributed by atoms with Gasteiger partial charge >= 0.3 is 6.09 Å². The van der Waals surface area contributed by atoms with E-state index in [1.54, 1.807) is 32.9 Å². The second kappa shape index (κ2) is 17.0. The van der Waals surface area contributed by atoms with Gasteiger partial charge in [-0.1, -0.05) is 93.1 Å². The van der Waals surface area contributed by atoms with Gasteiger partial charge in [0.25, 0.3) is 0 Å². The Hall–Kier alpha value is -4.86. The van der Waals surface area contributed by atoms with Gasteiger partial charge in [-0.05, 0) is 55.5 Å². The summed E-state index contributed by atoms with van der Waals surface area (Å²) in [4.78, 5) is 52.3. The van der Waals surface area contributed by atoms with Crippen molar-refractivity contribution < 1.29 is 28.7 Å². The molecule has 0 fully saturated rings. The molecule has 5 N–H and O–H groups in total.